The Morgan fingerprint density at radius 2 is 1.06 bits per heavy atom. The van der Waals surface area contributed by atoms with Gasteiger partial charge in [-0.15, -0.1) is 0 Å². The summed E-state index contributed by atoms with van der Waals surface area (Å²) >= 11 is 0. The summed E-state index contributed by atoms with van der Waals surface area (Å²) in [5, 5.41) is 11.9. The molecule has 1 radical (unpaired) electrons. The Kier molecular flexibility index (Phi) is 3.20. The van der Waals surface area contributed by atoms with Crippen molar-refractivity contribution in [3.63, 3.8) is 0 Å². The summed E-state index contributed by atoms with van der Waals surface area (Å²) in [5.74, 6) is -4.60. The third-order valence-corrected chi connectivity index (χ3v) is 2.28. The van der Waals surface area contributed by atoms with Gasteiger partial charge in [0.25, 0.3) is 0 Å². The highest BCUT2D eigenvalue weighted by molar-refractivity contribution is 5.59. The molecular weight excluding hydrogens is 250 g/mol. The van der Waals surface area contributed by atoms with Gasteiger partial charge in [0.15, 0.2) is 23.3 Å². The molecule has 0 aliphatic carbocycles. The van der Waals surface area contributed by atoms with E-state index in [-0.39, 0.29) is 16.4 Å². The second kappa shape index (κ2) is 4.66. The van der Waals surface area contributed by atoms with Crippen LogP contribution in [0.5, 0.6) is 0 Å². The van der Waals surface area contributed by atoms with Gasteiger partial charge in [-0.1, -0.05) is 5.21 Å². The van der Waals surface area contributed by atoms with Crippen molar-refractivity contribution in [1.82, 2.24) is 0 Å². The van der Waals surface area contributed by atoms with E-state index in [4.69, 9.17) is 0 Å². The lowest BCUT2D eigenvalue weighted by atomic mass is 10.2. The van der Waals surface area contributed by atoms with Crippen LogP contribution in [0.4, 0.5) is 28.9 Å². The number of benzene rings is 2. The van der Waals surface area contributed by atoms with Gasteiger partial charge < -0.3 is 0 Å². The van der Waals surface area contributed by atoms with Crippen LogP contribution in [0.3, 0.4) is 0 Å². The second-order valence-electron chi connectivity index (χ2n) is 3.49. The van der Waals surface area contributed by atoms with Crippen molar-refractivity contribution in [3.05, 3.63) is 59.7 Å². The molecule has 0 aliphatic rings. The molecule has 0 saturated heterocycles. The minimum atomic E-state index is -1.20. The van der Waals surface area contributed by atoms with E-state index in [2.05, 4.69) is 0 Å². The summed E-state index contributed by atoms with van der Waals surface area (Å²) in [4.78, 5) is 0. The van der Waals surface area contributed by atoms with Crippen molar-refractivity contribution in [2.24, 2.45) is 0 Å². The molecule has 2 aromatic carbocycles. The maximum atomic E-state index is 12.9. The summed E-state index contributed by atoms with van der Waals surface area (Å²) in [6.07, 6.45) is 0. The van der Waals surface area contributed by atoms with Crippen LogP contribution in [0.2, 0.25) is 0 Å². The van der Waals surface area contributed by atoms with Crippen molar-refractivity contribution in [1.29, 1.82) is 0 Å². The van der Waals surface area contributed by atoms with E-state index in [9.17, 15) is 22.8 Å². The molecule has 2 nitrogen and oxygen atoms in total. The van der Waals surface area contributed by atoms with Gasteiger partial charge in [-0.05, 0) is 24.3 Å². The van der Waals surface area contributed by atoms with Crippen LogP contribution in [0.15, 0.2) is 36.4 Å². The molecule has 0 unspecified atom stereocenters. The van der Waals surface area contributed by atoms with E-state index in [0.717, 1.165) is 24.3 Å². The molecule has 0 heterocycles. The van der Waals surface area contributed by atoms with Gasteiger partial charge in [0.1, 0.15) is 0 Å². The van der Waals surface area contributed by atoms with Gasteiger partial charge >= 0.3 is 0 Å². The maximum absolute atomic E-state index is 12.9. The first-order valence-electron chi connectivity index (χ1n) is 4.86. The number of hydrogen-bond acceptors (Lipinski definition) is 1. The van der Waals surface area contributed by atoms with Crippen LogP contribution >= 0.6 is 0 Å². The highest BCUT2D eigenvalue weighted by atomic mass is 19.2. The molecule has 0 aromatic heterocycles. The quantitative estimate of drug-likeness (QED) is 0.593. The van der Waals surface area contributed by atoms with Gasteiger partial charge in [0.2, 0.25) is 0 Å². The van der Waals surface area contributed by atoms with Crippen molar-refractivity contribution in [3.8, 4) is 0 Å². The van der Waals surface area contributed by atoms with Gasteiger partial charge in [-0.25, -0.2) is 17.6 Å². The molecule has 0 N–H and O–H groups in total. The van der Waals surface area contributed by atoms with Crippen molar-refractivity contribution < 1.29 is 22.8 Å². The second-order valence-corrected chi connectivity index (χ2v) is 3.49. The zero-order valence-corrected chi connectivity index (χ0v) is 8.83. The molecular formula is C12H6F4NO. The summed E-state index contributed by atoms with van der Waals surface area (Å²) in [5.41, 5.74) is -0.445. The highest BCUT2D eigenvalue weighted by Crippen LogP contribution is 2.26. The Balaban J connectivity index is 2.37. The summed E-state index contributed by atoms with van der Waals surface area (Å²) in [6.45, 7) is 0. The maximum Gasteiger partial charge on any atom is 0.160 e. The average Bonchev–Trinajstić information content (AvgIpc) is 2.35. The lowest BCUT2D eigenvalue weighted by molar-refractivity contribution is 0.195. The first-order valence-corrected chi connectivity index (χ1v) is 4.86. The summed E-state index contributed by atoms with van der Waals surface area (Å²) < 4.78 is 51.2. The van der Waals surface area contributed by atoms with Gasteiger partial charge in [0.05, 0.1) is 11.4 Å². The predicted molar refractivity (Wildman–Crippen MR) is 55.5 cm³/mol. The van der Waals surface area contributed by atoms with Crippen molar-refractivity contribution >= 4 is 11.4 Å². The third-order valence-electron chi connectivity index (χ3n) is 2.28. The van der Waals surface area contributed by atoms with E-state index >= 15 is 0 Å². The molecule has 0 fully saturated rings. The van der Waals surface area contributed by atoms with Gasteiger partial charge in [-0.3, -0.25) is 0 Å². The minimum absolute atomic E-state index is 0.172. The first-order chi connectivity index (χ1) is 8.49. The Hall–Kier alpha value is -2.08. The number of rotatable bonds is 2. The Morgan fingerprint density at radius 1 is 0.667 bits per heavy atom. The zero-order valence-electron chi connectivity index (χ0n) is 8.83. The molecule has 2 aromatic rings. The monoisotopic (exact) mass is 256 g/mol. The highest BCUT2D eigenvalue weighted by Gasteiger charge is 2.13. The molecule has 0 saturated carbocycles. The number of anilines is 2. The van der Waals surface area contributed by atoms with Crippen LogP contribution in [0, 0.1) is 23.3 Å². The lowest BCUT2D eigenvalue weighted by Gasteiger charge is -2.14. The number of hydrogen-bond donors (Lipinski definition) is 0. The fraction of sp³-hybridized carbons (Fsp3) is 0. The van der Waals surface area contributed by atoms with E-state index < -0.39 is 23.3 Å². The predicted octanol–water partition coefficient (Wildman–Crippen LogP) is 3.73. The van der Waals surface area contributed by atoms with Crippen LogP contribution in [0.25, 0.3) is 0 Å². The molecule has 0 amide bonds. The van der Waals surface area contributed by atoms with E-state index in [1.54, 1.807) is 0 Å². The van der Waals surface area contributed by atoms with Gasteiger partial charge in [0, 0.05) is 12.1 Å². The third kappa shape index (κ3) is 2.28. The largest absolute Gasteiger partial charge is 0.204 e. The normalized spacial score (nSPS) is 10.5. The molecule has 0 atom stereocenters. The zero-order chi connectivity index (χ0) is 13.3. The van der Waals surface area contributed by atoms with Crippen LogP contribution < -0.4 is 5.06 Å². The smallest absolute Gasteiger partial charge is 0.160 e. The van der Waals surface area contributed by atoms with Gasteiger partial charge in [-0.2, -0.15) is 5.06 Å². The summed E-state index contributed by atoms with van der Waals surface area (Å²) in [6, 6.07) is 4.96. The number of nitrogens with zero attached hydrogens (tertiary/aromatic N) is 1. The minimum Gasteiger partial charge on any atom is -0.204 e. The SMILES string of the molecule is [O]N(c1ccc(F)c(F)c1)c1ccc(F)c(F)c1. The molecule has 18 heavy (non-hydrogen) atoms. The fourth-order valence-electron chi connectivity index (χ4n) is 1.37. The standard InChI is InChI=1S/C12H6F4NO/c13-9-3-1-7(5-11(9)15)17(18)8-2-4-10(14)12(16)6-8/h1-6H. The van der Waals surface area contributed by atoms with Crippen molar-refractivity contribution in [2.45, 2.75) is 0 Å². The van der Waals surface area contributed by atoms with E-state index in [1.807, 2.05) is 0 Å². The lowest BCUT2D eigenvalue weighted by Crippen LogP contribution is -2.09. The van der Waals surface area contributed by atoms with Crippen LogP contribution in [-0.2, 0) is 5.21 Å². The molecule has 0 spiro atoms. The first kappa shape index (κ1) is 12.4. The topological polar surface area (TPSA) is 23.1 Å². The fourth-order valence-corrected chi connectivity index (χ4v) is 1.37. The van der Waals surface area contributed by atoms with Crippen molar-refractivity contribution in [2.75, 3.05) is 5.06 Å². The number of halogens is 4. The van der Waals surface area contributed by atoms with Crippen LogP contribution in [-0.4, -0.2) is 0 Å². The molecule has 6 heteroatoms. The molecule has 93 valence electrons. The Bertz CT molecular complexity index is 537. The molecule has 0 aliphatic heterocycles. The van der Waals surface area contributed by atoms with Crippen LogP contribution in [0.1, 0.15) is 0 Å². The van der Waals surface area contributed by atoms with E-state index in [1.165, 1.54) is 0 Å². The molecule has 2 rings (SSSR count). The average molecular weight is 256 g/mol. The summed E-state index contributed by atoms with van der Waals surface area (Å²) in [7, 11) is 0. The molecule has 0 bridgehead atoms. The Labute approximate surface area is 99.7 Å². The van der Waals surface area contributed by atoms with E-state index in [0.29, 0.717) is 12.1 Å². The Morgan fingerprint density at radius 3 is 1.39 bits per heavy atom.